The van der Waals surface area contributed by atoms with Gasteiger partial charge in [0.25, 0.3) is 5.91 Å². The van der Waals surface area contributed by atoms with Gasteiger partial charge in [-0.2, -0.15) is 0 Å². The van der Waals surface area contributed by atoms with Gasteiger partial charge >= 0.3 is 0 Å². The topological polar surface area (TPSA) is 42.7 Å². The molecular formula is C21H25NO3. The minimum atomic E-state index is 0.0625. The van der Waals surface area contributed by atoms with Crippen LogP contribution >= 0.6 is 0 Å². The van der Waals surface area contributed by atoms with Crippen molar-refractivity contribution in [1.29, 1.82) is 0 Å². The van der Waals surface area contributed by atoms with E-state index in [2.05, 4.69) is 24.3 Å². The maximum absolute atomic E-state index is 12.7. The molecule has 2 fully saturated rings. The largest absolute Gasteiger partial charge is 0.472 e. The van der Waals surface area contributed by atoms with Crippen LogP contribution in [0.3, 0.4) is 0 Å². The molecule has 4 nitrogen and oxygen atoms in total. The van der Waals surface area contributed by atoms with Crippen molar-refractivity contribution in [2.45, 2.75) is 31.8 Å². The van der Waals surface area contributed by atoms with E-state index >= 15 is 0 Å². The standard InChI is InChI=1S/C21H25NO3/c23-21(18-9-11-24-15-18)22-10-8-20(25-14-17-6-7-17)19(13-22)12-16-4-2-1-3-5-16/h1-5,9,11,15,17,19-20H,6-8,10,12-14H2/t19-,20-/m1/s1. The van der Waals surface area contributed by atoms with Gasteiger partial charge in [0.1, 0.15) is 6.26 Å². The first-order valence-corrected chi connectivity index (χ1v) is 9.26. The molecule has 0 radical (unpaired) electrons. The number of hydrogen-bond acceptors (Lipinski definition) is 3. The predicted molar refractivity (Wildman–Crippen MR) is 95.3 cm³/mol. The minimum Gasteiger partial charge on any atom is -0.472 e. The van der Waals surface area contributed by atoms with Gasteiger partial charge in [-0.05, 0) is 43.2 Å². The zero-order chi connectivity index (χ0) is 17.1. The molecule has 0 N–H and O–H groups in total. The molecule has 4 heteroatoms. The van der Waals surface area contributed by atoms with Gasteiger partial charge in [-0.3, -0.25) is 4.79 Å². The van der Waals surface area contributed by atoms with Gasteiger partial charge in [-0.1, -0.05) is 30.3 Å². The molecule has 2 heterocycles. The third-order valence-electron chi connectivity index (χ3n) is 5.30. The molecule has 2 atom stereocenters. The smallest absolute Gasteiger partial charge is 0.257 e. The van der Waals surface area contributed by atoms with Gasteiger partial charge in [-0.15, -0.1) is 0 Å². The van der Waals surface area contributed by atoms with Crippen LogP contribution < -0.4 is 0 Å². The highest BCUT2D eigenvalue weighted by Crippen LogP contribution is 2.32. The summed E-state index contributed by atoms with van der Waals surface area (Å²) in [7, 11) is 0. The first kappa shape index (κ1) is 16.4. The molecule has 1 aromatic heterocycles. The van der Waals surface area contributed by atoms with Gasteiger partial charge in [0, 0.05) is 25.6 Å². The molecule has 1 aromatic carbocycles. The number of carbonyl (C=O) groups is 1. The number of likely N-dealkylation sites (tertiary alicyclic amines) is 1. The Hall–Kier alpha value is -2.07. The lowest BCUT2D eigenvalue weighted by molar-refractivity contribution is -0.0326. The Morgan fingerprint density at radius 2 is 2.00 bits per heavy atom. The summed E-state index contributed by atoms with van der Waals surface area (Å²) in [6.45, 7) is 2.38. The molecule has 0 spiro atoms. The van der Waals surface area contributed by atoms with Crippen LogP contribution in [0.25, 0.3) is 0 Å². The van der Waals surface area contributed by atoms with Crippen molar-refractivity contribution < 1.29 is 13.9 Å². The van der Waals surface area contributed by atoms with Crippen molar-refractivity contribution >= 4 is 5.91 Å². The monoisotopic (exact) mass is 339 g/mol. The van der Waals surface area contributed by atoms with E-state index in [9.17, 15) is 4.79 Å². The number of ether oxygens (including phenoxy) is 1. The van der Waals surface area contributed by atoms with Crippen molar-refractivity contribution in [3.8, 4) is 0 Å². The fourth-order valence-electron chi connectivity index (χ4n) is 3.64. The van der Waals surface area contributed by atoms with E-state index in [0.29, 0.717) is 11.5 Å². The fraction of sp³-hybridized carbons (Fsp3) is 0.476. The molecule has 1 aliphatic carbocycles. The van der Waals surface area contributed by atoms with E-state index in [1.807, 2.05) is 11.0 Å². The summed E-state index contributed by atoms with van der Waals surface area (Å²) >= 11 is 0. The van der Waals surface area contributed by atoms with E-state index in [1.54, 1.807) is 12.3 Å². The summed E-state index contributed by atoms with van der Waals surface area (Å²) in [6, 6.07) is 12.3. The molecule has 25 heavy (non-hydrogen) atoms. The lowest BCUT2D eigenvalue weighted by atomic mass is 9.88. The number of amides is 1. The summed E-state index contributed by atoms with van der Waals surface area (Å²) in [4.78, 5) is 14.6. The number of rotatable bonds is 6. The van der Waals surface area contributed by atoms with Crippen LogP contribution in [0.4, 0.5) is 0 Å². The van der Waals surface area contributed by atoms with Gasteiger partial charge < -0.3 is 14.1 Å². The maximum atomic E-state index is 12.7. The first-order chi connectivity index (χ1) is 12.3. The zero-order valence-corrected chi connectivity index (χ0v) is 14.5. The number of furan rings is 1. The van der Waals surface area contributed by atoms with Gasteiger partial charge in [0.2, 0.25) is 0 Å². The van der Waals surface area contributed by atoms with E-state index in [-0.39, 0.29) is 12.0 Å². The molecular weight excluding hydrogens is 314 g/mol. The van der Waals surface area contributed by atoms with Crippen LogP contribution in [0, 0.1) is 11.8 Å². The Morgan fingerprint density at radius 3 is 2.72 bits per heavy atom. The Bertz CT molecular complexity index is 678. The predicted octanol–water partition coefficient (Wildman–Crippen LogP) is 3.78. The van der Waals surface area contributed by atoms with Gasteiger partial charge in [-0.25, -0.2) is 0 Å². The van der Waals surface area contributed by atoms with Crippen LogP contribution in [-0.4, -0.2) is 36.6 Å². The number of nitrogens with zero attached hydrogens (tertiary/aromatic N) is 1. The second-order valence-electron chi connectivity index (χ2n) is 7.32. The van der Waals surface area contributed by atoms with Crippen LogP contribution in [0.2, 0.25) is 0 Å². The first-order valence-electron chi connectivity index (χ1n) is 9.26. The quantitative estimate of drug-likeness (QED) is 0.804. The van der Waals surface area contributed by atoms with Crippen LogP contribution in [0.1, 0.15) is 35.2 Å². The average molecular weight is 339 g/mol. The maximum Gasteiger partial charge on any atom is 0.257 e. The van der Waals surface area contributed by atoms with Crippen LogP contribution in [0.15, 0.2) is 53.3 Å². The number of hydrogen-bond donors (Lipinski definition) is 0. The number of carbonyl (C=O) groups excluding carboxylic acids is 1. The Morgan fingerprint density at radius 1 is 1.16 bits per heavy atom. The number of piperidine rings is 1. The molecule has 2 aromatic rings. The Kier molecular flexibility index (Phi) is 4.88. The van der Waals surface area contributed by atoms with Crippen LogP contribution in [-0.2, 0) is 11.2 Å². The highest BCUT2D eigenvalue weighted by molar-refractivity contribution is 5.93. The summed E-state index contributed by atoms with van der Waals surface area (Å²) < 4.78 is 11.3. The Balaban J connectivity index is 1.45. The van der Waals surface area contributed by atoms with E-state index in [1.165, 1.54) is 24.7 Å². The van der Waals surface area contributed by atoms with Crippen molar-refractivity contribution in [1.82, 2.24) is 4.90 Å². The van der Waals surface area contributed by atoms with Crippen molar-refractivity contribution in [3.05, 3.63) is 60.1 Å². The van der Waals surface area contributed by atoms with E-state index in [4.69, 9.17) is 9.15 Å². The second kappa shape index (κ2) is 7.44. The Labute approximate surface area is 148 Å². The lowest BCUT2D eigenvalue weighted by Crippen LogP contribution is -2.47. The SMILES string of the molecule is O=C(c1ccoc1)N1CC[C@@H](OCC2CC2)[C@H](Cc2ccccc2)C1. The summed E-state index contributed by atoms with van der Waals surface area (Å²) in [5.41, 5.74) is 1.95. The summed E-state index contributed by atoms with van der Waals surface area (Å²) in [5, 5.41) is 0. The molecule has 1 aliphatic heterocycles. The second-order valence-corrected chi connectivity index (χ2v) is 7.32. The van der Waals surface area contributed by atoms with Gasteiger partial charge in [0.05, 0.1) is 17.9 Å². The summed E-state index contributed by atoms with van der Waals surface area (Å²) in [6.07, 6.45) is 7.81. The molecule has 1 amide bonds. The number of benzene rings is 1. The van der Waals surface area contributed by atoms with Crippen molar-refractivity contribution in [2.24, 2.45) is 11.8 Å². The highest BCUT2D eigenvalue weighted by Gasteiger charge is 2.34. The molecule has 0 bridgehead atoms. The molecule has 2 aliphatic rings. The van der Waals surface area contributed by atoms with Crippen molar-refractivity contribution in [2.75, 3.05) is 19.7 Å². The third kappa shape index (κ3) is 4.13. The molecule has 132 valence electrons. The zero-order valence-electron chi connectivity index (χ0n) is 14.5. The molecule has 4 rings (SSSR count). The molecule has 1 saturated carbocycles. The summed E-state index contributed by atoms with van der Waals surface area (Å²) in [5.74, 6) is 1.17. The average Bonchev–Trinajstić information content (AvgIpc) is 3.31. The lowest BCUT2D eigenvalue weighted by Gasteiger charge is -2.38. The van der Waals surface area contributed by atoms with Crippen LogP contribution in [0.5, 0.6) is 0 Å². The molecule has 1 saturated heterocycles. The third-order valence-corrected chi connectivity index (χ3v) is 5.30. The van der Waals surface area contributed by atoms with Gasteiger partial charge in [0.15, 0.2) is 0 Å². The molecule has 0 unspecified atom stereocenters. The minimum absolute atomic E-state index is 0.0625. The fourth-order valence-corrected chi connectivity index (χ4v) is 3.64. The van der Waals surface area contributed by atoms with Crippen molar-refractivity contribution in [3.63, 3.8) is 0 Å². The highest BCUT2D eigenvalue weighted by atomic mass is 16.5. The van der Waals surface area contributed by atoms with E-state index < -0.39 is 0 Å². The van der Waals surface area contributed by atoms with E-state index in [0.717, 1.165) is 38.5 Å². The normalized spacial score (nSPS) is 23.6.